The molecule has 3 heteroatoms. The van der Waals surface area contributed by atoms with Crippen molar-refractivity contribution in [2.24, 2.45) is 0 Å². The zero-order valence-electron chi connectivity index (χ0n) is 10.7. The number of benzene rings is 1. The first-order chi connectivity index (χ1) is 9.43. The van der Waals surface area contributed by atoms with Crippen LogP contribution in [0.3, 0.4) is 0 Å². The lowest BCUT2D eigenvalue weighted by Gasteiger charge is -2.03. The van der Waals surface area contributed by atoms with Crippen LogP contribution in [0.25, 0.3) is 11.0 Å². The Morgan fingerprint density at radius 2 is 1.89 bits per heavy atom. The highest BCUT2D eigenvalue weighted by molar-refractivity contribution is 5.80. The Balaban J connectivity index is 1.55. The van der Waals surface area contributed by atoms with Crippen molar-refractivity contribution in [1.29, 1.82) is 0 Å². The van der Waals surface area contributed by atoms with Gasteiger partial charge in [0.1, 0.15) is 5.58 Å². The molecular weight excluding hydrogens is 236 g/mol. The van der Waals surface area contributed by atoms with E-state index < -0.39 is 0 Å². The van der Waals surface area contributed by atoms with E-state index in [9.17, 15) is 0 Å². The summed E-state index contributed by atoms with van der Waals surface area (Å²) < 4.78 is 5.52. The molecule has 0 unspecified atom stereocenters. The fraction of sp³-hybridized carbons (Fsp3) is 0.188. The van der Waals surface area contributed by atoms with Gasteiger partial charge >= 0.3 is 0 Å². The van der Waals surface area contributed by atoms with E-state index in [1.807, 2.05) is 36.9 Å². The van der Waals surface area contributed by atoms with E-state index in [-0.39, 0.29) is 0 Å². The molecule has 0 atom stereocenters. The van der Waals surface area contributed by atoms with Crippen LogP contribution in [-0.2, 0) is 13.0 Å². The molecule has 96 valence electrons. The number of aromatic nitrogens is 1. The quantitative estimate of drug-likeness (QED) is 0.709. The minimum absolute atomic E-state index is 0.835. The third kappa shape index (κ3) is 2.83. The van der Waals surface area contributed by atoms with E-state index in [4.69, 9.17) is 4.42 Å². The first-order valence-electron chi connectivity index (χ1n) is 6.48. The van der Waals surface area contributed by atoms with Crippen molar-refractivity contribution < 1.29 is 4.42 Å². The van der Waals surface area contributed by atoms with Crippen LogP contribution in [0.1, 0.15) is 11.1 Å². The molecule has 0 radical (unpaired) electrons. The van der Waals surface area contributed by atoms with Gasteiger partial charge in [-0.1, -0.05) is 18.2 Å². The molecule has 0 saturated carbocycles. The summed E-state index contributed by atoms with van der Waals surface area (Å²) in [7, 11) is 0. The summed E-state index contributed by atoms with van der Waals surface area (Å²) in [4.78, 5) is 4.02. The average Bonchev–Trinajstić information content (AvgIpc) is 2.88. The summed E-state index contributed by atoms with van der Waals surface area (Å²) in [6.07, 6.45) is 6.51. The van der Waals surface area contributed by atoms with Crippen LogP contribution < -0.4 is 5.32 Å². The van der Waals surface area contributed by atoms with Gasteiger partial charge in [-0.2, -0.15) is 0 Å². The van der Waals surface area contributed by atoms with Gasteiger partial charge in [0.25, 0.3) is 0 Å². The number of hydrogen-bond donors (Lipinski definition) is 1. The van der Waals surface area contributed by atoms with Crippen molar-refractivity contribution in [2.45, 2.75) is 13.0 Å². The van der Waals surface area contributed by atoms with Crippen molar-refractivity contribution in [3.05, 3.63) is 66.2 Å². The standard InChI is InChI=1S/C16H16N2O/c1-2-4-16-15(3-1)14(12-19-16)11-18-10-7-13-5-8-17-9-6-13/h1-6,8-9,12,18H,7,10-11H2. The highest BCUT2D eigenvalue weighted by Crippen LogP contribution is 2.20. The van der Waals surface area contributed by atoms with Crippen LogP contribution in [-0.4, -0.2) is 11.5 Å². The van der Waals surface area contributed by atoms with Gasteiger partial charge < -0.3 is 9.73 Å². The molecule has 0 aliphatic carbocycles. The van der Waals surface area contributed by atoms with Crippen molar-refractivity contribution in [3.63, 3.8) is 0 Å². The minimum atomic E-state index is 0.835. The maximum Gasteiger partial charge on any atom is 0.134 e. The zero-order valence-corrected chi connectivity index (χ0v) is 10.7. The summed E-state index contributed by atoms with van der Waals surface area (Å²) in [5.74, 6) is 0. The van der Waals surface area contributed by atoms with Crippen molar-refractivity contribution in [2.75, 3.05) is 6.54 Å². The maximum atomic E-state index is 5.52. The highest BCUT2D eigenvalue weighted by Gasteiger charge is 2.03. The molecule has 3 nitrogen and oxygen atoms in total. The van der Waals surface area contributed by atoms with Crippen molar-refractivity contribution >= 4 is 11.0 Å². The van der Waals surface area contributed by atoms with E-state index in [0.29, 0.717) is 0 Å². The van der Waals surface area contributed by atoms with Gasteiger partial charge in [0.15, 0.2) is 0 Å². The minimum Gasteiger partial charge on any atom is -0.464 e. The Hall–Kier alpha value is -2.13. The molecule has 3 aromatic rings. The molecule has 3 rings (SSSR count). The Labute approximate surface area is 112 Å². The molecule has 1 N–H and O–H groups in total. The summed E-state index contributed by atoms with van der Waals surface area (Å²) >= 11 is 0. The normalized spacial score (nSPS) is 10.9. The zero-order chi connectivity index (χ0) is 12.9. The second-order valence-corrected chi connectivity index (χ2v) is 4.54. The van der Waals surface area contributed by atoms with Gasteiger partial charge in [0, 0.05) is 29.9 Å². The number of nitrogens with one attached hydrogen (secondary N) is 1. The number of para-hydroxylation sites is 1. The fourth-order valence-electron chi connectivity index (χ4n) is 2.17. The molecule has 0 spiro atoms. The van der Waals surface area contributed by atoms with E-state index >= 15 is 0 Å². The molecule has 1 aromatic carbocycles. The van der Waals surface area contributed by atoms with Gasteiger partial charge in [-0.15, -0.1) is 0 Å². The van der Waals surface area contributed by atoms with Gasteiger partial charge in [-0.25, -0.2) is 0 Å². The molecule has 0 aliphatic rings. The Morgan fingerprint density at radius 1 is 1.05 bits per heavy atom. The highest BCUT2D eigenvalue weighted by atomic mass is 16.3. The third-order valence-electron chi connectivity index (χ3n) is 3.22. The first kappa shape index (κ1) is 11.9. The number of pyridine rings is 1. The molecular formula is C16H16N2O. The molecule has 19 heavy (non-hydrogen) atoms. The summed E-state index contributed by atoms with van der Waals surface area (Å²) in [6, 6.07) is 12.2. The predicted molar refractivity (Wildman–Crippen MR) is 75.9 cm³/mol. The van der Waals surface area contributed by atoms with Crippen LogP contribution in [0.4, 0.5) is 0 Å². The average molecular weight is 252 g/mol. The number of furan rings is 1. The summed E-state index contributed by atoms with van der Waals surface area (Å²) in [6.45, 7) is 1.78. The smallest absolute Gasteiger partial charge is 0.134 e. The van der Waals surface area contributed by atoms with Crippen LogP contribution in [0.15, 0.2) is 59.5 Å². The van der Waals surface area contributed by atoms with Crippen LogP contribution in [0.2, 0.25) is 0 Å². The number of rotatable bonds is 5. The van der Waals surface area contributed by atoms with E-state index in [2.05, 4.69) is 28.5 Å². The number of nitrogens with zero attached hydrogens (tertiary/aromatic N) is 1. The van der Waals surface area contributed by atoms with Gasteiger partial charge in [0.05, 0.1) is 6.26 Å². The molecule has 0 aliphatic heterocycles. The largest absolute Gasteiger partial charge is 0.464 e. The third-order valence-corrected chi connectivity index (χ3v) is 3.22. The Kier molecular flexibility index (Phi) is 3.56. The predicted octanol–water partition coefficient (Wildman–Crippen LogP) is 3.16. The maximum absolute atomic E-state index is 5.52. The lowest BCUT2D eigenvalue weighted by molar-refractivity contribution is 0.602. The van der Waals surface area contributed by atoms with Crippen molar-refractivity contribution in [1.82, 2.24) is 10.3 Å². The van der Waals surface area contributed by atoms with E-state index in [0.717, 1.165) is 25.1 Å². The molecule has 0 amide bonds. The molecule has 0 bridgehead atoms. The van der Waals surface area contributed by atoms with E-state index in [1.165, 1.54) is 16.5 Å². The first-order valence-corrected chi connectivity index (χ1v) is 6.48. The van der Waals surface area contributed by atoms with Gasteiger partial charge in [-0.3, -0.25) is 4.98 Å². The van der Waals surface area contributed by atoms with Crippen LogP contribution >= 0.6 is 0 Å². The Bertz CT molecular complexity index is 646. The van der Waals surface area contributed by atoms with Crippen LogP contribution in [0.5, 0.6) is 0 Å². The topological polar surface area (TPSA) is 38.1 Å². The van der Waals surface area contributed by atoms with Gasteiger partial charge in [-0.05, 0) is 36.7 Å². The molecule has 2 heterocycles. The molecule has 0 fully saturated rings. The van der Waals surface area contributed by atoms with Crippen molar-refractivity contribution in [3.8, 4) is 0 Å². The van der Waals surface area contributed by atoms with E-state index in [1.54, 1.807) is 0 Å². The second-order valence-electron chi connectivity index (χ2n) is 4.54. The fourth-order valence-corrected chi connectivity index (χ4v) is 2.17. The lowest BCUT2D eigenvalue weighted by Crippen LogP contribution is -2.16. The SMILES string of the molecule is c1ccc2c(CNCCc3ccncc3)coc2c1. The molecule has 0 saturated heterocycles. The second kappa shape index (κ2) is 5.67. The number of fused-ring (bicyclic) bond motifs is 1. The molecule has 2 aromatic heterocycles. The van der Waals surface area contributed by atoms with Crippen LogP contribution in [0, 0.1) is 0 Å². The summed E-state index contributed by atoms with van der Waals surface area (Å²) in [5.41, 5.74) is 3.47. The monoisotopic (exact) mass is 252 g/mol. The Morgan fingerprint density at radius 3 is 2.79 bits per heavy atom. The number of hydrogen-bond acceptors (Lipinski definition) is 3. The lowest BCUT2D eigenvalue weighted by atomic mass is 10.1. The summed E-state index contributed by atoms with van der Waals surface area (Å²) in [5, 5.41) is 4.64. The van der Waals surface area contributed by atoms with Gasteiger partial charge in [0.2, 0.25) is 0 Å².